The van der Waals surface area contributed by atoms with Crippen molar-refractivity contribution in [1.29, 1.82) is 0 Å². The van der Waals surface area contributed by atoms with Gasteiger partial charge in [0.2, 0.25) is 0 Å². The molecule has 0 amide bonds. The predicted octanol–water partition coefficient (Wildman–Crippen LogP) is 5.10. The molecule has 3 atom stereocenters. The molecule has 1 fully saturated rings. The van der Waals surface area contributed by atoms with E-state index in [0.29, 0.717) is 6.04 Å². The number of halogens is 1. The molecular formula is C17H27BrN2. The molecule has 1 N–H and O–H groups in total. The average Bonchev–Trinajstić information content (AvgIpc) is 2.49. The van der Waals surface area contributed by atoms with Crippen LogP contribution in [0.25, 0.3) is 0 Å². The van der Waals surface area contributed by atoms with E-state index in [0.717, 1.165) is 22.9 Å². The van der Waals surface area contributed by atoms with Gasteiger partial charge in [-0.3, -0.25) is 4.98 Å². The van der Waals surface area contributed by atoms with Crippen LogP contribution >= 0.6 is 15.9 Å². The Morgan fingerprint density at radius 3 is 2.95 bits per heavy atom. The molecule has 0 saturated heterocycles. The van der Waals surface area contributed by atoms with E-state index in [2.05, 4.69) is 46.1 Å². The number of nitrogens with zero attached hydrogens (tertiary/aromatic N) is 1. The molecule has 20 heavy (non-hydrogen) atoms. The first-order valence-corrected chi connectivity index (χ1v) is 8.89. The van der Waals surface area contributed by atoms with Gasteiger partial charge in [-0.2, -0.15) is 0 Å². The molecule has 112 valence electrons. The number of pyridine rings is 1. The van der Waals surface area contributed by atoms with E-state index in [1.807, 2.05) is 12.3 Å². The molecule has 2 nitrogen and oxygen atoms in total. The molecule has 1 saturated carbocycles. The summed E-state index contributed by atoms with van der Waals surface area (Å²) in [6.45, 7) is 5.63. The lowest BCUT2D eigenvalue weighted by Gasteiger charge is -2.35. The molecule has 1 aromatic heterocycles. The minimum atomic E-state index is 0.403. The first-order chi connectivity index (χ1) is 9.76. The van der Waals surface area contributed by atoms with Crippen LogP contribution in [0.2, 0.25) is 0 Å². The van der Waals surface area contributed by atoms with Crippen molar-refractivity contribution in [2.75, 3.05) is 6.54 Å². The summed E-state index contributed by atoms with van der Waals surface area (Å²) < 4.78 is 1.15. The van der Waals surface area contributed by atoms with E-state index in [1.54, 1.807) is 0 Å². The Hall–Kier alpha value is -0.410. The van der Waals surface area contributed by atoms with Gasteiger partial charge in [-0.05, 0) is 65.7 Å². The molecule has 0 aromatic carbocycles. The fraction of sp³-hybridized carbons (Fsp3) is 0.706. The maximum atomic E-state index is 4.65. The zero-order chi connectivity index (χ0) is 14.4. The fourth-order valence-electron chi connectivity index (χ4n) is 3.42. The maximum Gasteiger partial charge on any atom is 0.0717 e. The van der Waals surface area contributed by atoms with Gasteiger partial charge in [0.25, 0.3) is 0 Å². The second-order valence-corrected chi connectivity index (χ2v) is 6.86. The van der Waals surface area contributed by atoms with E-state index in [4.69, 9.17) is 0 Å². The topological polar surface area (TPSA) is 24.9 Å². The number of nitrogens with one attached hydrogen (secondary N) is 1. The van der Waals surface area contributed by atoms with Gasteiger partial charge >= 0.3 is 0 Å². The second-order valence-electron chi connectivity index (χ2n) is 6.00. The van der Waals surface area contributed by atoms with Gasteiger partial charge in [-0.1, -0.05) is 33.1 Å². The summed E-state index contributed by atoms with van der Waals surface area (Å²) in [7, 11) is 0. The van der Waals surface area contributed by atoms with Crippen molar-refractivity contribution in [2.45, 2.75) is 58.4 Å². The highest BCUT2D eigenvalue weighted by Crippen LogP contribution is 2.39. The smallest absolute Gasteiger partial charge is 0.0717 e. The molecule has 3 heteroatoms. The summed E-state index contributed by atoms with van der Waals surface area (Å²) in [5.41, 5.74) is 1.20. The lowest BCUT2D eigenvalue weighted by molar-refractivity contribution is 0.206. The maximum absolute atomic E-state index is 4.65. The normalized spacial score (nSPS) is 24.6. The Morgan fingerprint density at radius 1 is 1.40 bits per heavy atom. The first kappa shape index (κ1) is 16.0. The number of aromatic nitrogens is 1. The van der Waals surface area contributed by atoms with Crippen molar-refractivity contribution in [3.8, 4) is 0 Å². The van der Waals surface area contributed by atoms with Gasteiger partial charge in [-0.15, -0.1) is 0 Å². The van der Waals surface area contributed by atoms with Crippen LogP contribution in [0, 0.1) is 11.8 Å². The minimum absolute atomic E-state index is 0.403. The predicted molar refractivity (Wildman–Crippen MR) is 88.7 cm³/mol. The van der Waals surface area contributed by atoms with Crippen molar-refractivity contribution in [3.63, 3.8) is 0 Å². The van der Waals surface area contributed by atoms with E-state index < -0.39 is 0 Å². The molecular weight excluding hydrogens is 312 g/mol. The summed E-state index contributed by atoms with van der Waals surface area (Å²) in [4.78, 5) is 4.65. The zero-order valence-corrected chi connectivity index (χ0v) is 14.3. The third kappa shape index (κ3) is 4.05. The van der Waals surface area contributed by atoms with Crippen molar-refractivity contribution in [3.05, 3.63) is 28.5 Å². The quantitative estimate of drug-likeness (QED) is 0.780. The fourth-order valence-corrected chi connectivity index (χ4v) is 3.92. The molecule has 0 spiro atoms. The summed E-state index contributed by atoms with van der Waals surface area (Å²) in [6.07, 6.45) is 9.88. The highest BCUT2D eigenvalue weighted by atomic mass is 79.9. The molecule has 1 aromatic rings. The summed E-state index contributed by atoms with van der Waals surface area (Å²) in [6, 6.07) is 4.52. The highest BCUT2D eigenvalue weighted by Gasteiger charge is 2.30. The van der Waals surface area contributed by atoms with Crippen LogP contribution in [-0.4, -0.2) is 11.5 Å². The molecule has 1 heterocycles. The molecule has 1 aliphatic carbocycles. The van der Waals surface area contributed by atoms with E-state index >= 15 is 0 Å². The van der Waals surface area contributed by atoms with E-state index in [1.165, 1.54) is 44.2 Å². The molecule has 0 aliphatic heterocycles. The Morgan fingerprint density at radius 2 is 2.25 bits per heavy atom. The number of hydrogen-bond acceptors (Lipinski definition) is 2. The van der Waals surface area contributed by atoms with Crippen LogP contribution in [0.4, 0.5) is 0 Å². The van der Waals surface area contributed by atoms with E-state index in [-0.39, 0.29) is 0 Å². The van der Waals surface area contributed by atoms with Crippen molar-refractivity contribution < 1.29 is 0 Å². The van der Waals surface area contributed by atoms with Crippen LogP contribution in [-0.2, 0) is 0 Å². The van der Waals surface area contributed by atoms with Gasteiger partial charge < -0.3 is 5.32 Å². The van der Waals surface area contributed by atoms with Gasteiger partial charge in [0.15, 0.2) is 0 Å². The lowest BCUT2D eigenvalue weighted by Crippen LogP contribution is -2.33. The van der Waals surface area contributed by atoms with E-state index in [9.17, 15) is 0 Å². The Labute approximate surface area is 131 Å². The number of hydrogen-bond donors (Lipinski definition) is 1. The summed E-state index contributed by atoms with van der Waals surface area (Å²) >= 11 is 3.69. The van der Waals surface area contributed by atoms with Gasteiger partial charge in [0.1, 0.15) is 0 Å². The molecule has 2 rings (SSSR count). The average molecular weight is 339 g/mol. The van der Waals surface area contributed by atoms with Crippen LogP contribution in [0.1, 0.15) is 64.1 Å². The van der Waals surface area contributed by atoms with Crippen LogP contribution < -0.4 is 5.32 Å². The Balaban J connectivity index is 2.16. The third-order valence-corrected chi connectivity index (χ3v) is 5.24. The first-order valence-electron chi connectivity index (χ1n) is 8.10. The van der Waals surface area contributed by atoms with Crippen molar-refractivity contribution in [2.24, 2.45) is 11.8 Å². The van der Waals surface area contributed by atoms with Gasteiger partial charge in [-0.25, -0.2) is 0 Å². The monoisotopic (exact) mass is 338 g/mol. The molecule has 0 bridgehead atoms. The summed E-state index contributed by atoms with van der Waals surface area (Å²) in [5.74, 6) is 1.63. The Bertz CT molecular complexity index is 408. The SMILES string of the molecule is CCCNC(c1ncccc1Br)C1CCCC(CC)C1. The van der Waals surface area contributed by atoms with Gasteiger partial charge in [0, 0.05) is 10.7 Å². The largest absolute Gasteiger partial charge is 0.308 e. The minimum Gasteiger partial charge on any atom is -0.308 e. The third-order valence-electron chi connectivity index (χ3n) is 4.57. The summed E-state index contributed by atoms with van der Waals surface area (Å²) in [5, 5.41) is 3.75. The highest BCUT2D eigenvalue weighted by molar-refractivity contribution is 9.10. The second kappa shape index (κ2) is 8.14. The van der Waals surface area contributed by atoms with Crippen LogP contribution in [0.15, 0.2) is 22.8 Å². The lowest BCUT2D eigenvalue weighted by atomic mass is 9.76. The van der Waals surface area contributed by atoms with Crippen LogP contribution in [0.3, 0.4) is 0 Å². The molecule has 0 radical (unpaired) electrons. The van der Waals surface area contributed by atoms with Crippen molar-refractivity contribution in [1.82, 2.24) is 10.3 Å². The molecule has 1 aliphatic rings. The Kier molecular flexibility index (Phi) is 6.50. The molecule has 3 unspecified atom stereocenters. The van der Waals surface area contributed by atoms with Crippen LogP contribution in [0.5, 0.6) is 0 Å². The number of rotatable bonds is 6. The zero-order valence-electron chi connectivity index (χ0n) is 12.7. The van der Waals surface area contributed by atoms with Crippen molar-refractivity contribution >= 4 is 15.9 Å². The standard InChI is InChI=1S/C17H27BrN2/c1-3-10-19-16(17-15(18)9-6-11-20-17)14-8-5-7-13(4-2)12-14/h6,9,11,13-14,16,19H,3-5,7-8,10,12H2,1-2H3. The van der Waals surface area contributed by atoms with Gasteiger partial charge in [0.05, 0.1) is 11.7 Å².